The zero-order valence-corrected chi connectivity index (χ0v) is 16.0. The first kappa shape index (κ1) is 18.7. The Labute approximate surface area is 162 Å². The third-order valence-corrected chi connectivity index (χ3v) is 5.36. The minimum absolute atomic E-state index is 0.0601. The summed E-state index contributed by atoms with van der Waals surface area (Å²) in [6.07, 6.45) is 0.0431. The number of rotatable bonds is 4. The first-order valence-corrected chi connectivity index (χ1v) is 9.14. The van der Waals surface area contributed by atoms with E-state index in [4.69, 9.17) is 14.2 Å². The normalized spacial score (nSPS) is 22.5. The summed E-state index contributed by atoms with van der Waals surface area (Å²) in [5, 5.41) is 41.7. The van der Waals surface area contributed by atoms with Gasteiger partial charge < -0.3 is 34.6 Å². The van der Waals surface area contributed by atoms with Gasteiger partial charge in [-0.15, -0.1) is 0 Å². The van der Waals surface area contributed by atoms with Crippen molar-refractivity contribution in [1.82, 2.24) is 0 Å². The van der Waals surface area contributed by atoms with E-state index in [2.05, 4.69) is 0 Å². The van der Waals surface area contributed by atoms with Gasteiger partial charge in [0.25, 0.3) is 0 Å². The van der Waals surface area contributed by atoms with E-state index in [1.54, 1.807) is 19.9 Å². The first-order valence-electron chi connectivity index (χ1n) is 9.14. The van der Waals surface area contributed by atoms with Crippen molar-refractivity contribution >= 4 is 0 Å². The average molecular weight is 388 g/mol. The molecule has 2 atom stereocenters. The van der Waals surface area contributed by atoms with Crippen molar-refractivity contribution in [2.75, 3.05) is 13.7 Å². The Morgan fingerprint density at radius 2 is 2.00 bits per heavy atom. The highest BCUT2D eigenvalue weighted by Crippen LogP contribution is 2.58. The number of methoxy groups -OCH3 is 1. The number of phenols is 2. The first-order chi connectivity index (χ1) is 13.1. The topological polar surface area (TPSA) is 109 Å². The van der Waals surface area contributed by atoms with Crippen LogP contribution < -0.4 is 14.2 Å². The zero-order chi connectivity index (χ0) is 20.3. The van der Waals surface area contributed by atoms with Crippen LogP contribution in [0.5, 0.6) is 28.7 Å². The van der Waals surface area contributed by atoms with Crippen molar-refractivity contribution in [3.8, 4) is 28.7 Å². The monoisotopic (exact) mass is 388 g/mol. The molecule has 4 N–H and O–H groups in total. The summed E-state index contributed by atoms with van der Waals surface area (Å²) in [7, 11) is 1.45. The molecule has 2 aromatic rings. The molecule has 0 amide bonds. The number of phenolic OH excluding ortho intramolecular Hbond substituents is 2. The molecule has 0 fully saturated rings. The SMILES string of the molecule is COc1c(O)cc2c(c1CCC(C)(C)O)OC1c3ccc(O)cc3OCC21O. The highest BCUT2D eigenvalue weighted by molar-refractivity contribution is 5.63. The fourth-order valence-electron chi connectivity index (χ4n) is 3.91. The summed E-state index contributed by atoms with van der Waals surface area (Å²) >= 11 is 0. The Kier molecular flexibility index (Phi) is 4.13. The van der Waals surface area contributed by atoms with Gasteiger partial charge in [0.2, 0.25) is 0 Å². The maximum Gasteiger partial charge on any atom is 0.168 e. The van der Waals surface area contributed by atoms with Gasteiger partial charge in [-0.1, -0.05) is 0 Å². The standard InChI is InChI=1S/C21H24O7/c1-20(2,24)7-6-13-17-14(9-15(23)18(13)26-3)21(25)10-27-16-8-11(22)4-5-12(16)19(21)28-17/h4-5,8-9,19,22-25H,6-7,10H2,1-3H3. The molecule has 7 nitrogen and oxygen atoms in total. The van der Waals surface area contributed by atoms with Crippen molar-refractivity contribution in [2.24, 2.45) is 0 Å². The van der Waals surface area contributed by atoms with Gasteiger partial charge in [-0.2, -0.15) is 0 Å². The number of aliphatic hydroxyl groups is 2. The second kappa shape index (κ2) is 6.18. The lowest BCUT2D eigenvalue weighted by Crippen LogP contribution is -2.41. The van der Waals surface area contributed by atoms with Gasteiger partial charge in [0.1, 0.15) is 23.9 Å². The second-order valence-corrected chi connectivity index (χ2v) is 8.03. The summed E-state index contributed by atoms with van der Waals surface area (Å²) in [5.41, 5.74) is -0.802. The maximum atomic E-state index is 11.4. The van der Waals surface area contributed by atoms with Gasteiger partial charge in [0.05, 0.1) is 12.7 Å². The van der Waals surface area contributed by atoms with E-state index in [1.165, 1.54) is 25.3 Å². The van der Waals surface area contributed by atoms with Gasteiger partial charge in [-0.05, 0) is 44.9 Å². The molecule has 0 bridgehead atoms. The minimum atomic E-state index is -1.49. The Morgan fingerprint density at radius 1 is 1.25 bits per heavy atom. The molecule has 0 aliphatic carbocycles. The molecule has 0 saturated carbocycles. The third kappa shape index (κ3) is 2.82. The molecular formula is C21H24O7. The summed E-state index contributed by atoms with van der Waals surface area (Å²) in [4.78, 5) is 0. The van der Waals surface area contributed by atoms with Crippen LogP contribution in [0, 0.1) is 0 Å². The number of ether oxygens (including phenoxy) is 3. The fraction of sp³-hybridized carbons (Fsp3) is 0.429. The second-order valence-electron chi connectivity index (χ2n) is 8.03. The van der Waals surface area contributed by atoms with Crippen LogP contribution in [0.3, 0.4) is 0 Å². The highest BCUT2D eigenvalue weighted by Gasteiger charge is 2.54. The molecule has 2 heterocycles. The third-order valence-electron chi connectivity index (χ3n) is 5.36. The molecule has 0 saturated heterocycles. The van der Waals surface area contributed by atoms with E-state index in [0.717, 1.165) is 0 Å². The van der Waals surface area contributed by atoms with Crippen LogP contribution >= 0.6 is 0 Å². The van der Waals surface area contributed by atoms with Gasteiger partial charge in [-0.3, -0.25) is 0 Å². The van der Waals surface area contributed by atoms with Crippen molar-refractivity contribution in [3.63, 3.8) is 0 Å². The quantitative estimate of drug-likeness (QED) is 0.637. The molecule has 2 unspecified atom stereocenters. The van der Waals surface area contributed by atoms with Crippen molar-refractivity contribution in [1.29, 1.82) is 0 Å². The molecule has 2 aliphatic heterocycles. The van der Waals surface area contributed by atoms with Crippen LogP contribution in [-0.4, -0.2) is 39.7 Å². The van der Waals surface area contributed by atoms with Gasteiger partial charge >= 0.3 is 0 Å². The Morgan fingerprint density at radius 3 is 2.68 bits per heavy atom. The van der Waals surface area contributed by atoms with Crippen LogP contribution in [-0.2, 0) is 12.0 Å². The summed E-state index contributed by atoms with van der Waals surface area (Å²) < 4.78 is 17.3. The van der Waals surface area contributed by atoms with Crippen LogP contribution in [0.4, 0.5) is 0 Å². The minimum Gasteiger partial charge on any atom is -0.508 e. The van der Waals surface area contributed by atoms with E-state index in [9.17, 15) is 20.4 Å². The molecule has 4 rings (SSSR count). The smallest absolute Gasteiger partial charge is 0.168 e. The number of hydrogen-bond donors (Lipinski definition) is 4. The van der Waals surface area contributed by atoms with Crippen molar-refractivity contribution < 1.29 is 34.6 Å². The molecule has 0 spiro atoms. The molecule has 0 radical (unpaired) electrons. The van der Waals surface area contributed by atoms with Crippen molar-refractivity contribution in [3.05, 3.63) is 41.0 Å². The number of fused-ring (bicyclic) bond motifs is 5. The van der Waals surface area contributed by atoms with E-state index < -0.39 is 17.3 Å². The van der Waals surface area contributed by atoms with Crippen LogP contribution in [0.1, 0.15) is 43.1 Å². The Bertz CT molecular complexity index is 931. The largest absolute Gasteiger partial charge is 0.508 e. The van der Waals surface area contributed by atoms with Crippen molar-refractivity contribution in [2.45, 2.75) is 44.0 Å². The predicted molar refractivity (Wildman–Crippen MR) is 100 cm³/mol. The van der Waals surface area contributed by atoms with Crippen LogP contribution in [0.25, 0.3) is 0 Å². The summed E-state index contributed by atoms with van der Waals surface area (Å²) in [6, 6.07) is 6.08. The molecule has 0 aromatic heterocycles. The van der Waals surface area contributed by atoms with Gasteiger partial charge in [-0.25, -0.2) is 0 Å². The number of benzene rings is 2. The Hall–Kier alpha value is -2.64. The van der Waals surface area contributed by atoms with Crippen LogP contribution in [0.15, 0.2) is 24.3 Å². The zero-order valence-electron chi connectivity index (χ0n) is 16.0. The number of aromatic hydroxyl groups is 2. The van der Waals surface area contributed by atoms with E-state index >= 15 is 0 Å². The molecule has 150 valence electrons. The lowest BCUT2D eigenvalue weighted by Gasteiger charge is -2.34. The lowest BCUT2D eigenvalue weighted by atomic mass is 9.83. The fourth-order valence-corrected chi connectivity index (χ4v) is 3.91. The Balaban J connectivity index is 1.84. The summed E-state index contributed by atoms with van der Waals surface area (Å²) in [5.74, 6) is 1.08. The molecule has 2 aliphatic rings. The van der Waals surface area contributed by atoms with Gasteiger partial charge in [0, 0.05) is 22.8 Å². The molecule has 28 heavy (non-hydrogen) atoms. The summed E-state index contributed by atoms with van der Waals surface area (Å²) in [6.45, 7) is 3.32. The van der Waals surface area contributed by atoms with E-state index in [0.29, 0.717) is 41.0 Å². The lowest BCUT2D eigenvalue weighted by molar-refractivity contribution is -0.0865. The molecule has 2 aromatic carbocycles. The maximum absolute atomic E-state index is 11.4. The van der Waals surface area contributed by atoms with Gasteiger partial charge in [0.15, 0.2) is 23.2 Å². The number of hydrogen-bond acceptors (Lipinski definition) is 7. The predicted octanol–water partition coefficient (Wildman–Crippen LogP) is 2.52. The van der Waals surface area contributed by atoms with E-state index in [1.807, 2.05) is 0 Å². The molecular weight excluding hydrogens is 364 g/mol. The molecule has 7 heteroatoms. The van der Waals surface area contributed by atoms with Crippen LogP contribution in [0.2, 0.25) is 0 Å². The average Bonchev–Trinajstić information content (AvgIpc) is 2.91. The highest BCUT2D eigenvalue weighted by atomic mass is 16.5. The van der Waals surface area contributed by atoms with E-state index in [-0.39, 0.29) is 23.9 Å².